The van der Waals surface area contributed by atoms with Gasteiger partial charge in [-0.25, -0.2) is 4.79 Å². The maximum absolute atomic E-state index is 10.4. The molecule has 0 aliphatic heterocycles. The van der Waals surface area contributed by atoms with E-state index in [0.29, 0.717) is 5.56 Å². The van der Waals surface area contributed by atoms with Crippen LogP contribution in [0.25, 0.3) is 0 Å². The van der Waals surface area contributed by atoms with Crippen molar-refractivity contribution in [1.82, 2.24) is 0 Å². The number of hydrogen-bond acceptors (Lipinski definition) is 1. The molecule has 1 aromatic rings. The Morgan fingerprint density at radius 3 is 2.17 bits per heavy atom. The van der Waals surface area contributed by atoms with Crippen LogP contribution in [0.5, 0.6) is 0 Å². The Balaban J connectivity index is 0. The topological polar surface area (TPSA) is 37.3 Å². The molecule has 0 saturated heterocycles. The number of rotatable bonds is 1. The van der Waals surface area contributed by atoms with Gasteiger partial charge in [-0.3, -0.25) is 0 Å². The zero-order valence-corrected chi connectivity index (χ0v) is 9.80. The first kappa shape index (κ1) is 14.5. The third kappa shape index (κ3) is 3.59. The SMILES string of the molecule is Cc1ccccc1C(=O)O.[Cl-].[Na+]. The van der Waals surface area contributed by atoms with Crippen molar-refractivity contribution in [3.8, 4) is 0 Å². The van der Waals surface area contributed by atoms with Gasteiger partial charge in [0, 0.05) is 0 Å². The van der Waals surface area contributed by atoms with Crippen LogP contribution in [0.15, 0.2) is 24.3 Å². The maximum Gasteiger partial charge on any atom is 1.00 e. The first-order valence-electron chi connectivity index (χ1n) is 3.01. The van der Waals surface area contributed by atoms with Gasteiger partial charge in [-0.05, 0) is 18.6 Å². The van der Waals surface area contributed by atoms with Crippen molar-refractivity contribution >= 4 is 5.97 Å². The van der Waals surface area contributed by atoms with Gasteiger partial charge in [0.05, 0.1) is 5.56 Å². The molecule has 0 amide bonds. The number of halogens is 1. The van der Waals surface area contributed by atoms with Gasteiger partial charge >= 0.3 is 35.5 Å². The molecule has 1 N–H and O–H groups in total. The van der Waals surface area contributed by atoms with Crippen molar-refractivity contribution in [3.63, 3.8) is 0 Å². The van der Waals surface area contributed by atoms with Gasteiger partial charge in [0.25, 0.3) is 0 Å². The van der Waals surface area contributed by atoms with Gasteiger partial charge in [-0.15, -0.1) is 0 Å². The van der Waals surface area contributed by atoms with Gasteiger partial charge in [0.1, 0.15) is 0 Å². The molecule has 60 valence electrons. The van der Waals surface area contributed by atoms with Crippen LogP contribution >= 0.6 is 0 Å². The largest absolute Gasteiger partial charge is 1.00 e. The molecule has 0 atom stereocenters. The van der Waals surface area contributed by atoms with Crippen molar-refractivity contribution < 1.29 is 51.9 Å². The quantitative estimate of drug-likeness (QED) is 0.460. The summed E-state index contributed by atoms with van der Waals surface area (Å²) >= 11 is 0. The van der Waals surface area contributed by atoms with Crippen LogP contribution in [0.1, 0.15) is 15.9 Å². The molecule has 1 rings (SSSR count). The minimum absolute atomic E-state index is 0. The smallest absolute Gasteiger partial charge is 1.00 e. The Kier molecular flexibility index (Phi) is 7.84. The van der Waals surface area contributed by atoms with Crippen molar-refractivity contribution in [2.75, 3.05) is 0 Å². The Bertz CT molecular complexity index is 263. The molecule has 0 radical (unpaired) electrons. The van der Waals surface area contributed by atoms with E-state index in [1.807, 2.05) is 6.07 Å². The number of carbonyl (C=O) groups is 1. The number of hydrogen-bond donors (Lipinski definition) is 1. The second-order valence-electron chi connectivity index (χ2n) is 2.12. The summed E-state index contributed by atoms with van der Waals surface area (Å²) in [5.74, 6) is -0.863. The molecule has 2 nitrogen and oxygen atoms in total. The average Bonchev–Trinajstić information content (AvgIpc) is 1.88. The number of benzene rings is 1. The summed E-state index contributed by atoms with van der Waals surface area (Å²) in [5, 5.41) is 8.57. The molecule has 0 aliphatic rings. The van der Waals surface area contributed by atoms with E-state index in [1.165, 1.54) is 0 Å². The fraction of sp³-hybridized carbons (Fsp3) is 0.125. The summed E-state index contributed by atoms with van der Waals surface area (Å²) in [6.45, 7) is 1.78. The molecule has 0 saturated carbocycles. The molecule has 0 aromatic heterocycles. The van der Waals surface area contributed by atoms with E-state index in [-0.39, 0.29) is 42.0 Å². The van der Waals surface area contributed by atoms with E-state index in [1.54, 1.807) is 25.1 Å². The summed E-state index contributed by atoms with van der Waals surface area (Å²) in [6, 6.07) is 6.92. The molecular formula is C8H8ClNaO2. The summed E-state index contributed by atoms with van der Waals surface area (Å²) in [5.41, 5.74) is 1.18. The molecule has 4 heteroatoms. The number of aryl methyl sites for hydroxylation is 1. The second kappa shape index (κ2) is 6.49. The normalized spacial score (nSPS) is 7.75. The monoisotopic (exact) mass is 194 g/mol. The summed E-state index contributed by atoms with van der Waals surface area (Å²) < 4.78 is 0. The maximum atomic E-state index is 10.4. The van der Waals surface area contributed by atoms with Gasteiger partial charge < -0.3 is 17.5 Å². The average molecular weight is 195 g/mol. The first-order valence-corrected chi connectivity index (χ1v) is 3.01. The van der Waals surface area contributed by atoms with Crippen LogP contribution < -0.4 is 42.0 Å². The van der Waals surface area contributed by atoms with Gasteiger partial charge in [-0.2, -0.15) is 0 Å². The van der Waals surface area contributed by atoms with E-state index in [4.69, 9.17) is 5.11 Å². The van der Waals surface area contributed by atoms with Crippen molar-refractivity contribution in [1.29, 1.82) is 0 Å². The van der Waals surface area contributed by atoms with E-state index in [9.17, 15) is 4.79 Å². The molecule has 12 heavy (non-hydrogen) atoms. The molecule has 0 unspecified atom stereocenters. The number of carboxylic acids is 1. The van der Waals surface area contributed by atoms with Gasteiger partial charge in [0.15, 0.2) is 0 Å². The first-order chi connectivity index (χ1) is 4.72. The summed E-state index contributed by atoms with van der Waals surface area (Å²) in [7, 11) is 0. The summed E-state index contributed by atoms with van der Waals surface area (Å²) in [6.07, 6.45) is 0. The Morgan fingerprint density at radius 2 is 1.83 bits per heavy atom. The van der Waals surface area contributed by atoms with E-state index in [2.05, 4.69) is 0 Å². The van der Waals surface area contributed by atoms with Crippen molar-refractivity contribution in [2.45, 2.75) is 6.92 Å². The van der Waals surface area contributed by atoms with Crippen LogP contribution in [-0.4, -0.2) is 11.1 Å². The molecule has 0 heterocycles. The van der Waals surface area contributed by atoms with Crippen molar-refractivity contribution in [2.24, 2.45) is 0 Å². The number of carboxylic acid groups (broad SMARTS) is 1. The summed E-state index contributed by atoms with van der Waals surface area (Å²) in [4.78, 5) is 10.4. The van der Waals surface area contributed by atoms with Crippen LogP contribution in [0.4, 0.5) is 0 Å². The predicted octanol–water partition coefficient (Wildman–Crippen LogP) is -4.30. The minimum Gasteiger partial charge on any atom is -1.00 e. The second-order valence-corrected chi connectivity index (χ2v) is 2.12. The molecule has 0 spiro atoms. The fourth-order valence-corrected chi connectivity index (χ4v) is 0.813. The Labute approximate surface area is 99.7 Å². The van der Waals surface area contributed by atoms with Crippen LogP contribution in [-0.2, 0) is 0 Å². The number of aromatic carboxylic acids is 1. The Morgan fingerprint density at radius 1 is 1.33 bits per heavy atom. The van der Waals surface area contributed by atoms with Crippen LogP contribution in [0.3, 0.4) is 0 Å². The van der Waals surface area contributed by atoms with E-state index >= 15 is 0 Å². The third-order valence-corrected chi connectivity index (χ3v) is 1.38. The van der Waals surface area contributed by atoms with E-state index < -0.39 is 5.97 Å². The van der Waals surface area contributed by atoms with Gasteiger partial charge in [-0.1, -0.05) is 18.2 Å². The zero-order chi connectivity index (χ0) is 7.56. The third-order valence-electron chi connectivity index (χ3n) is 1.38. The standard InChI is InChI=1S/C8H8O2.ClH.Na/c1-6-4-2-3-5-7(6)8(9)10;;/h2-5H,1H3,(H,9,10);1H;/q;;+1/p-1. The molecule has 0 bridgehead atoms. The van der Waals surface area contributed by atoms with Crippen LogP contribution in [0.2, 0.25) is 0 Å². The minimum atomic E-state index is -0.863. The fourth-order valence-electron chi connectivity index (χ4n) is 0.813. The molecular weight excluding hydrogens is 187 g/mol. The van der Waals surface area contributed by atoms with E-state index in [0.717, 1.165) is 5.56 Å². The van der Waals surface area contributed by atoms with Crippen molar-refractivity contribution in [3.05, 3.63) is 35.4 Å². The molecule has 1 aromatic carbocycles. The van der Waals surface area contributed by atoms with Gasteiger partial charge in [0.2, 0.25) is 0 Å². The zero-order valence-electron chi connectivity index (χ0n) is 7.04. The predicted molar refractivity (Wildman–Crippen MR) is 38.1 cm³/mol. The molecule has 0 aliphatic carbocycles. The Hall–Kier alpha value is -0.0200. The van der Waals surface area contributed by atoms with Crippen LogP contribution in [0, 0.1) is 6.92 Å². The molecule has 0 fully saturated rings.